The number of nitrogens with one attached hydrogen (secondary N) is 1. The van der Waals surface area contributed by atoms with Crippen LogP contribution in [0.5, 0.6) is 5.75 Å². The normalized spacial score (nSPS) is 10.3. The molecule has 0 spiro atoms. The molecule has 2 rings (SSSR count). The van der Waals surface area contributed by atoms with Crippen LogP contribution < -0.4 is 10.1 Å². The summed E-state index contributed by atoms with van der Waals surface area (Å²) in [4.78, 5) is 22.5. The van der Waals surface area contributed by atoms with Crippen LogP contribution in [0.1, 0.15) is 27.0 Å². The minimum absolute atomic E-state index is 0.0609. The Kier molecular flexibility index (Phi) is 5.52. The molecule has 0 saturated carbocycles. The van der Waals surface area contributed by atoms with Gasteiger partial charge >= 0.3 is 0 Å². The van der Waals surface area contributed by atoms with Gasteiger partial charge in [-0.25, -0.2) is 0 Å². The number of benzene rings is 2. The zero-order valence-corrected chi connectivity index (χ0v) is 14.0. The summed E-state index contributed by atoms with van der Waals surface area (Å²) in [5.41, 5.74) is 2.92. The van der Waals surface area contributed by atoms with Gasteiger partial charge in [-0.05, 0) is 38.5 Å². The first kappa shape index (κ1) is 17.5. The summed E-state index contributed by atoms with van der Waals surface area (Å²) in [6.45, 7) is 6.25. The van der Waals surface area contributed by atoms with Crippen molar-refractivity contribution in [1.82, 2.24) is 5.32 Å². The van der Waals surface area contributed by atoms with Gasteiger partial charge in [-0.15, -0.1) is 0 Å². The zero-order chi connectivity index (χ0) is 17.7. The number of nitro benzene ring substituents is 1. The van der Waals surface area contributed by atoms with E-state index in [-0.39, 0.29) is 17.2 Å². The fraction of sp³-hybridized carbons (Fsp3) is 0.278. The van der Waals surface area contributed by atoms with Crippen LogP contribution in [0.2, 0.25) is 0 Å². The highest BCUT2D eigenvalue weighted by Crippen LogP contribution is 2.19. The molecule has 24 heavy (non-hydrogen) atoms. The molecule has 2 aromatic rings. The number of hydrogen-bond acceptors (Lipinski definition) is 4. The highest BCUT2D eigenvalue weighted by Gasteiger charge is 2.14. The minimum Gasteiger partial charge on any atom is -0.491 e. The molecule has 0 aromatic heterocycles. The highest BCUT2D eigenvalue weighted by atomic mass is 16.6. The van der Waals surface area contributed by atoms with Gasteiger partial charge in [-0.3, -0.25) is 14.9 Å². The molecule has 0 aliphatic carbocycles. The molecule has 0 heterocycles. The SMILES string of the molecule is Cc1ccc(OCCNC(=O)c2ccc(C)c([N+](=O)[O-])c2)c(C)c1. The summed E-state index contributed by atoms with van der Waals surface area (Å²) in [6, 6.07) is 10.3. The van der Waals surface area contributed by atoms with Crippen LogP contribution in [0.4, 0.5) is 5.69 Å². The number of aryl methyl sites for hydroxylation is 3. The first-order chi connectivity index (χ1) is 11.4. The Hall–Kier alpha value is -2.89. The van der Waals surface area contributed by atoms with E-state index < -0.39 is 4.92 Å². The molecule has 0 bridgehead atoms. The minimum atomic E-state index is -0.491. The number of nitro groups is 1. The Bertz CT molecular complexity index is 772. The predicted molar refractivity (Wildman–Crippen MR) is 91.6 cm³/mol. The maximum atomic E-state index is 12.1. The third-order valence-corrected chi connectivity index (χ3v) is 3.64. The Morgan fingerprint density at radius 3 is 2.54 bits per heavy atom. The number of carbonyl (C=O) groups is 1. The number of nitrogens with zero attached hydrogens (tertiary/aromatic N) is 1. The number of hydrogen-bond donors (Lipinski definition) is 1. The second kappa shape index (κ2) is 7.59. The Balaban J connectivity index is 1.89. The summed E-state index contributed by atoms with van der Waals surface area (Å²) < 4.78 is 5.64. The third-order valence-electron chi connectivity index (χ3n) is 3.64. The molecule has 1 amide bonds. The van der Waals surface area contributed by atoms with E-state index in [1.54, 1.807) is 19.1 Å². The van der Waals surface area contributed by atoms with Crippen molar-refractivity contribution in [3.8, 4) is 5.75 Å². The van der Waals surface area contributed by atoms with E-state index in [1.165, 1.54) is 6.07 Å². The summed E-state index contributed by atoms with van der Waals surface area (Å²) >= 11 is 0. The van der Waals surface area contributed by atoms with Crippen molar-refractivity contribution in [2.24, 2.45) is 0 Å². The van der Waals surface area contributed by atoms with Crippen LogP contribution >= 0.6 is 0 Å². The molecule has 0 radical (unpaired) electrons. The fourth-order valence-corrected chi connectivity index (χ4v) is 2.34. The average molecular weight is 328 g/mol. The van der Waals surface area contributed by atoms with Crippen molar-refractivity contribution in [2.75, 3.05) is 13.2 Å². The van der Waals surface area contributed by atoms with Crippen molar-refractivity contribution in [3.05, 3.63) is 68.8 Å². The Morgan fingerprint density at radius 1 is 1.12 bits per heavy atom. The first-order valence-electron chi connectivity index (χ1n) is 7.62. The van der Waals surface area contributed by atoms with Gasteiger partial charge in [0.05, 0.1) is 11.5 Å². The fourth-order valence-electron chi connectivity index (χ4n) is 2.34. The van der Waals surface area contributed by atoms with Crippen LogP contribution in [-0.2, 0) is 0 Å². The molecular formula is C18H20N2O4. The van der Waals surface area contributed by atoms with Gasteiger partial charge in [-0.1, -0.05) is 23.8 Å². The molecule has 2 aromatic carbocycles. The van der Waals surface area contributed by atoms with E-state index in [4.69, 9.17) is 4.74 Å². The van der Waals surface area contributed by atoms with Crippen molar-refractivity contribution in [3.63, 3.8) is 0 Å². The lowest BCUT2D eigenvalue weighted by Crippen LogP contribution is -2.28. The number of rotatable bonds is 6. The predicted octanol–water partition coefficient (Wildman–Crippen LogP) is 3.33. The molecule has 0 aliphatic heterocycles. The van der Waals surface area contributed by atoms with E-state index >= 15 is 0 Å². The number of carbonyl (C=O) groups excluding carboxylic acids is 1. The smallest absolute Gasteiger partial charge is 0.273 e. The van der Waals surface area contributed by atoms with Crippen LogP contribution in [0.3, 0.4) is 0 Å². The second-order valence-corrected chi connectivity index (χ2v) is 5.63. The Labute approximate surface area is 140 Å². The quantitative estimate of drug-likeness (QED) is 0.501. The molecule has 1 N–H and O–H groups in total. The lowest BCUT2D eigenvalue weighted by Gasteiger charge is -2.10. The van der Waals surface area contributed by atoms with Gasteiger partial charge in [0, 0.05) is 17.2 Å². The summed E-state index contributed by atoms with van der Waals surface area (Å²) in [5, 5.41) is 13.6. The van der Waals surface area contributed by atoms with Gasteiger partial charge in [0.2, 0.25) is 0 Å². The van der Waals surface area contributed by atoms with Gasteiger partial charge in [0.1, 0.15) is 12.4 Å². The van der Waals surface area contributed by atoms with E-state index in [9.17, 15) is 14.9 Å². The van der Waals surface area contributed by atoms with Crippen molar-refractivity contribution < 1.29 is 14.5 Å². The maximum absolute atomic E-state index is 12.1. The van der Waals surface area contributed by atoms with Crippen molar-refractivity contribution in [2.45, 2.75) is 20.8 Å². The molecule has 6 nitrogen and oxygen atoms in total. The number of amides is 1. The lowest BCUT2D eigenvalue weighted by atomic mass is 10.1. The van der Waals surface area contributed by atoms with Gasteiger partial charge in [-0.2, -0.15) is 0 Å². The van der Waals surface area contributed by atoms with Crippen LogP contribution in [0.25, 0.3) is 0 Å². The second-order valence-electron chi connectivity index (χ2n) is 5.63. The monoisotopic (exact) mass is 328 g/mol. The largest absolute Gasteiger partial charge is 0.491 e. The molecule has 0 fully saturated rings. The molecular weight excluding hydrogens is 308 g/mol. The summed E-state index contributed by atoms with van der Waals surface area (Å²) in [5.74, 6) is 0.420. The van der Waals surface area contributed by atoms with Crippen molar-refractivity contribution >= 4 is 11.6 Å². The van der Waals surface area contributed by atoms with E-state index in [0.717, 1.165) is 16.9 Å². The Morgan fingerprint density at radius 2 is 1.88 bits per heavy atom. The molecule has 0 saturated heterocycles. The first-order valence-corrected chi connectivity index (χ1v) is 7.62. The van der Waals surface area contributed by atoms with Crippen molar-refractivity contribution in [1.29, 1.82) is 0 Å². The number of ether oxygens (including phenoxy) is 1. The standard InChI is InChI=1S/C18H20N2O4/c1-12-4-7-17(14(3)10-12)24-9-8-19-18(21)15-6-5-13(2)16(11-15)20(22)23/h4-7,10-11H,8-9H2,1-3H3,(H,19,21). The lowest BCUT2D eigenvalue weighted by molar-refractivity contribution is -0.385. The van der Waals surface area contributed by atoms with Gasteiger partial charge in [0.15, 0.2) is 0 Å². The summed E-state index contributed by atoms with van der Waals surface area (Å²) in [6.07, 6.45) is 0. The van der Waals surface area contributed by atoms with E-state index in [1.807, 2.05) is 32.0 Å². The molecule has 0 aliphatic rings. The zero-order valence-electron chi connectivity index (χ0n) is 14.0. The molecule has 0 atom stereocenters. The molecule has 0 unspecified atom stereocenters. The highest BCUT2D eigenvalue weighted by molar-refractivity contribution is 5.94. The van der Waals surface area contributed by atoms with E-state index in [0.29, 0.717) is 18.7 Å². The van der Waals surface area contributed by atoms with Gasteiger partial charge < -0.3 is 10.1 Å². The average Bonchev–Trinajstić information content (AvgIpc) is 2.53. The van der Waals surface area contributed by atoms with Crippen LogP contribution in [0.15, 0.2) is 36.4 Å². The van der Waals surface area contributed by atoms with Crippen LogP contribution in [0, 0.1) is 30.9 Å². The third kappa shape index (κ3) is 4.32. The molecule has 126 valence electrons. The maximum Gasteiger partial charge on any atom is 0.273 e. The summed E-state index contributed by atoms with van der Waals surface area (Å²) in [7, 11) is 0. The van der Waals surface area contributed by atoms with Crippen LogP contribution in [-0.4, -0.2) is 24.0 Å². The van der Waals surface area contributed by atoms with E-state index in [2.05, 4.69) is 5.32 Å². The topological polar surface area (TPSA) is 81.5 Å². The molecule has 6 heteroatoms. The van der Waals surface area contributed by atoms with Gasteiger partial charge in [0.25, 0.3) is 11.6 Å².